The van der Waals surface area contributed by atoms with Crippen LogP contribution in [0.1, 0.15) is 34.6 Å². The molecule has 7 heteroatoms. The van der Waals surface area contributed by atoms with Gasteiger partial charge in [0, 0.05) is 23.0 Å². The van der Waals surface area contributed by atoms with Crippen LogP contribution in [0.4, 0.5) is 22.0 Å². The maximum atomic E-state index is 12.1. The lowest BCUT2D eigenvalue weighted by Crippen LogP contribution is -2.27. The van der Waals surface area contributed by atoms with Gasteiger partial charge in [-0.25, -0.2) is 9.78 Å². The van der Waals surface area contributed by atoms with E-state index in [1.807, 2.05) is 58.9 Å². The third-order valence-corrected chi connectivity index (χ3v) is 3.72. The average Bonchev–Trinajstić information content (AvgIpc) is 2.67. The van der Waals surface area contributed by atoms with Gasteiger partial charge in [0.1, 0.15) is 22.9 Å². The Balaban J connectivity index is 0.00000145. The molecule has 0 spiro atoms. The molecule has 1 amide bonds. The number of benzene rings is 2. The zero-order valence-corrected chi connectivity index (χ0v) is 17.4. The number of nitrogens with two attached hydrogens (primary N) is 2. The molecule has 0 bridgehead atoms. The number of ether oxygens (including phenoxy) is 2. The highest BCUT2D eigenvalue weighted by atomic mass is 16.6. The monoisotopic (exact) mass is 396 g/mol. The number of carbonyl (C=O) groups excluding carboxylic acids is 1. The Morgan fingerprint density at radius 2 is 1.62 bits per heavy atom. The van der Waals surface area contributed by atoms with E-state index in [1.165, 1.54) is 6.20 Å². The lowest BCUT2D eigenvalue weighted by molar-refractivity contribution is 0.0636. The summed E-state index contributed by atoms with van der Waals surface area (Å²) in [6, 6.07) is 12.7. The molecule has 1 aromatic heterocycles. The van der Waals surface area contributed by atoms with Gasteiger partial charge in [0.05, 0.1) is 5.69 Å². The molecule has 0 saturated carbocycles. The molecule has 0 unspecified atom stereocenters. The lowest BCUT2D eigenvalue weighted by Gasteiger charge is -2.20. The largest absolute Gasteiger partial charge is 0.454 e. The van der Waals surface area contributed by atoms with Crippen molar-refractivity contribution in [3.05, 3.63) is 48.7 Å². The summed E-state index contributed by atoms with van der Waals surface area (Å²) in [4.78, 5) is 16.1. The summed E-state index contributed by atoms with van der Waals surface area (Å²) in [5, 5.41) is 4.39. The Hall–Kier alpha value is -3.48. The van der Waals surface area contributed by atoms with E-state index in [0.29, 0.717) is 17.2 Å². The van der Waals surface area contributed by atoms with Crippen molar-refractivity contribution in [2.75, 3.05) is 16.8 Å². The molecule has 0 atom stereocenters. The maximum Gasteiger partial charge on any atom is 0.412 e. The quantitative estimate of drug-likeness (QED) is 0.534. The van der Waals surface area contributed by atoms with Crippen molar-refractivity contribution >= 4 is 34.1 Å². The zero-order chi connectivity index (χ0) is 21.6. The molecule has 1 heterocycles. The number of pyridine rings is 1. The van der Waals surface area contributed by atoms with E-state index >= 15 is 0 Å². The molecule has 0 aliphatic rings. The summed E-state index contributed by atoms with van der Waals surface area (Å²) >= 11 is 0. The van der Waals surface area contributed by atoms with Crippen LogP contribution in [0.3, 0.4) is 0 Å². The van der Waals surface area contributed by atoms with Crippen LogP contribution in [0.2, 0.25) is 0 Å². The number of amides is 1. The van der Waals surface area contributed by atoms with Crippen molar-refractivity contribution in [3.63, 3.8) is 0 Å². The van der Waals surface area contributed by atoms with Crippen LogP contribution in [-0.2, 0) is 4.74 Å². The molecule has 0 radical (unpaired) electrons. The number of nitrogen functional groups attached to an aromatic ring is 2. The van der Waals surface area contributed by atoms with Gasteiger partial charge in [0.15, 0.2) is 5.75 Å². The van der Waals surface area contributed by atoms with Crippen molar-refractivity contribution < 1.29 is 14.3 Å². The average molecular weight is 396 g/mol. The van der Waals surface area contributed by atoms with Gasteiger partial charge in [-0.3, -0.25) is 5.32 Å². The molecule has 7 nitrogen and oxygen atoms in total. The molecule has 3 aromatic rings. The van der Waals surface area contributed by atoms with E-state index < -0.39 is 11.7 Å². The zero-order valence-electron chi connectivity index (χ0n) is 17.4. The molecular formula is C22H28N4O3. The van der Waals surface area contributed by atoms with Crippen molar-refractivity contribution in [1.29, 1.82) is 0 Å². The van der Waals surface area contributed by atoms with Gasteiger partial charge in [-0.2, -0.15) is 0 Å². The number of hydrogen-bond acceptors (Lipinski definition) is 6. The molecular weight excluding hydrogens is 368 g/mol. The summed E-state index contributed by atoms with van der Waals surface area (Å²) in [7, 11) is 0. The first-order valence-electron chi connectivity index (χ1n) is 9.44. The van der Waals surface area contributed by atoms with E-state index in [0.717, 1.165) is 10.8 Å². The van der Waals surface area contributed by atoms with Gasteiger partial charge in [0.25, 0.3) is 0 Å². The molecule has 0 aliphatic carbocycles. The SMILES string of the molecule is CC.CC(C)(C)OC(=O)Nc1ccc(Oc2ccnc(N)c2N)c2ccccc12. The fourth-order valence-electron chi connectivity index (χ4n) is 2.56. The number of fused-ring (bicyclic) bond motifs is 1. The molecule has 154 valence electrons. The van der Waals surface area contributed by atoms with Gasteiger partial charge < -0.3 is 20.9 Å². The van der Waals surface area contributed by atoms with E-state index in [9.17, 15) is 4.79 Å². The third-order valence-electron chi connectivity index (χ3n) is 3.72. The second-order valence-electron chi connectivity index (χ2n) is 6.99. The van der Waals surface area contributed by atoms with Crippen molar-refractivity contribution in [2.24, 2.45) is 0 Å². The normalized spacial score (nSPS) is 10.7. The molecule has 0 aliphatic heterocycles. The fraction of sp³-hybridized carbons (Fsp3) is 0.273. The van der Waals surface area contributed by atoms with E-state index in [4.69, 9.17) is 20.9 Å². The molecule has 0 fully saturated rings. The Labute approximate surface area is 171 Å². The van der Waals surface area contributed by atoms with Crippen molar-refractivity contribution in [1.82, 2.24) is 4.98 Å². The standard InChI is InChI=1S/C20H22N4O3.C2H6/c1-20(2,3)27-19(25)24-14-8-9-15(13-7-5-4-6-12(13)14)26-16-10-11-23-18(22)17(16)21;1-2/h4-11H,21H2,1-3H3,(H2,22,23)(H,24,25);1-2H3. The van der Waals surface area contributed by atoms with Gasteiger partial charge in [-0.05, 0) is 32.9 Å². The first-order valence-corrected chi connectivity index (χ1v) is 9.44. The number of hydrogen-bond donors (Lipinski definition) is 3. The van der Waals surface area contributed by atoms with Crippen LogP contribution in [-0.4, -0.2) is 16.7 Å². The lowest BCUT2D eigenvalue weighted by atomic mass is 10.1. The van der Waals surface area contributed by atoms with Crippen LogP contribution in [0, 0.1) is 0 Å². The highest BCUT2D eigenvalue weighted by molar-refractivity contribution is 6.03. The molecule has 29 heavy (non-hydrogen) atoms. The Bertz CT molecular complexity index is 997. The number of nitrogens with one attached hydrogen (secondary N) is 1. The van der Waals surface area contributed by atoms with Crippen molar-refractivity contribution in [3.8, 4) is 11.5 Å². The minimum atomic E-state index is -0.582. The number of aromatic nitrogens is 1. The van der Waals surface area contributed by atoms with E-state index in [1.54, 1.807) is 18.2 Å². The summed E-state index contributed by atoms with van der Waals surface area (Å²) in [5.74, 6) is 1.21. The smallest absolute Gasteiger partial charge is 0.412 e. The molecule has 0 saturated heterocycles. The highest BCUT2D eigenvalue weighted by Gasteiger charge is 2.18. The molecule has 3 rings (SSSR count). The number of carbonyl (C=O) groups is 1. The second kappa shape index (κ2) is 9.14. The van der Waals surface area contributed by atoms with Gasteiger partial charge in [0.2, 0.25) is 0 Å². The molecule has 5 N–H and O–H groups in total. The Morgan fingerprint density at radius 1 is 0.966 bits per heavy atom. The summed E-state index contributed by atoms with van der Waals surface area (Å²) in [5.41, 5.74) is 12.0. The highest BCUT2D eigenvalue weighted by Crippen LogP contribution is 2.37. The predicted molar refractivity (Wildman–Crippen MR) is 118 cm³/mol. The van der Waals surface area contributed by atoms with Gasteiger partial charge in [-0.15, -0.1) is 0 Å². The maximum absolute atomic E-state index is 12.1. The first-order chi connectivity index (χ1) is 13.7. The fourth-order valence-corrected chi connectivity index (χ4v) is 2.56. The second-order valence-corrected chi connectivity index (χ2v) is 6.99. The van der Waals surface area contributed by atoms with Gasteiger partial charge >= 0.3 is 6.09 Å². The predicted octanol–water partition coefficient (Wildman–Crippen LogP) is 5.56. The summed E-state index contributed by atoms with van der Waals surface area (Å²) < 4.78 is 11.3. The minimum Gasteiger partial charge on any atom is -0.454 e. The van der Waals surface area contributed by atoms with E-state index in [2.05, 4.69) is 10.3 Å². The Kier molecular flexibility index (Phi) is 6.88. The van der Waals surface area contributed by atoms with Crippen LogP contribution >= 0.6 is 0 Å². The van der Waals surface area contributed by atoms with Crippen LogP contribution in [0.5, 0.6) is 11.5 Å². The van der Waals surface area contributed by atoms with Crippen molar-refractivity contribution in [2.45, 2.75) is 40.2 Å². The van der Waals surface area contributed by atoms with Gasteiger partial charge in [-0.1, -0.05) is 38.1 Å². The first kappa shape index (κ1) is 21.8. The number of rotatable bonds is 3. The Morgan fingerprint density at radius 3 is 2.28 bits per heavy atom. The molecule has 2 aromatic carbocycles. The summed E-state index contributed by atoms with van der Waals surface area (Å²) in [6.45, 7) is 9.44. The topological polar surface area (TPSA) is 112 Å². The van der Waals surface area contributed by atoms with Crippen LogP contribution in [0.25, 0.3) is 10.8 Å². The minimum absolute atomic E-state index is 0.208. The number of anilines is 3. The summed E-state index contributed by atoms with van der Waals surface area (Å²) in [6.07, 6.45) is 1.01. The third kappa shape index (κ3) is 5.51. The number of nitrogens with zero attached hydrogens (tertiary/aromatic N) is 1. The van der Waals surface area contributed by atoms with Crippen LogP contribution in [0.15, 0.2) is 48.7 Å². The van der Waals surface area contributed by atoms with Crippen LogP contribution < -0.4 is 21.5 Å². The van der Waals surface area contributed by atoms with E-state index in [-0.39, 0.29) is 11.5 Å².